The second kappa shape index (κ2) is 30.3. The number of nitrogens with zero attached hydrogens (tertiary/aromatic N) is 6. The van der Waals surface area contributed by atoms with E-state index in [0.717, 1.165) is 36.4 Å². The number of halogens is 4. The average Bonchev–Trinajstić information content (AvgIpc) is 3.92. The van der Waals surface area contributed by atoms with E-state index in [2.05, 4.69) is 29.9 Å². The van der Waals surface area contributed by atoms with Crippen LogP contribution in [0.15, 0.2) is 97.8 Å². The monoisotopic (exact) mass is 1410 g/mol. The Balaban J connectivity index is 0.000000375. The molecule has 0 aliphatic carbocycles. The third-order valence-corrected chi connectivity index (χ3v) is 12.1. The van der Waals surface area contributed by atoms with E-state index >= 15 is 0 Å². The molecule has 0 bridgehead atoms. The van der Waals surface area contributed by atoms with Gasteiger partial charge in [0.1, 0.15) is 13.2 Å². The Morgan fingerprint density at radius 2 is 0.720 bits per heavy atom. The van der Waals surface area contributed by atoms with Crippen LogP contribution in [0.5, 0.6) is 0 Å². The molecule has 24 nitrogen and oxygen atoms in total. The van der Waals surface area contributed by atoms with Gasteiger partial charge in [0.05, 0.1) is 70.0 Å². The van der Waals surface area contributed by atoms with E-state index in [1.54, 1.807) is 0 Å². The minimum Gasteiger partial charge on any atom is -0.545 e. The number of carboxylic acids is 6. The first-order chi connectivity index (χ1) is 34.0. The molecule has 0 radical (unpaired) electrons. The average molecular weight is 1410 g/mol. The SMILES string of the molecule is COP1OCC(Cl)(Cl)O1.COP1OCC(Cl)(Cl)O1.O=C([O-])c1ccnc(-c2nccc(C(=O)[O-])c2-c2cc(C(=O)[O-])ccn2)c1.O=C([O-])c1ccnc(-c2nccc(C(=O)[O-])c2-c2cc(C(=O)[O-])ccn2)c1.[Ru+2].[Ru+2].[Ru+2]. The van der Waals surface area contributed by atoms with Crippen molar-refractivity contribution in [3.05, 3.63) is 131 Å². The van der Waals surface area contributed by atoms with Gasteiger partial charge in [0.2, 0.25) is 9.04 Å². The second-order valence-electron chi connectivity index (χ2n) is 13.4. The van der Waals surface area contributed by atoms with Crippen molar-refractivity contribution in [1.82, 2.24) is 29.9 Å². The van der Waals surface area contributed by atoms with Crippen LogP contribution in [0.3, 0.4) is 0 Å². The molecule has 8 heterocycles. The number of hydrogen-bond donors (Lipinski definition) is 0. The summed E-state index contributed by atoms with van der Waals surface area (Å²) in [6.45, 7) is 0.325. The maximum atomic E-state index is 11.6. The van der Waals surface area contributed by atoms with Gasteiger partial charge in [0.15, 0.2) is 0 Å². The molecular weight excluding hydrogens is 1380 g/mol. The maximum Gasteiger partial charge on any atom is 2.00 e. The van der Waals surface area contributed by atoms with Crippen LogP contribution in [0.1, 0.15) is 62.1 Å². The first-order valence-electron chi connectivity index (χ1n) is 19.2. The van der Waals surface area contributed by atoms with Gasteiger partial charge >= 0.3 is 75.6 Å². The quantitative estimate of drug-likeness (QED) is 0.0922. The van der Waals surface area contributed by atoms with E-state index in [-0.39, 0.29) is 150 Å². The molecule has 2 unspecified atom stereocenters. The number of carbonyl (C=O) groups excluding carboxylic acids is 6. The summed E-state index contributed by atoms with van der Waals surface area (Å²) in [5.41, 5.74) is -1.60. The molecule has 0 saturated carbocycles. The van der Waals surface area contributed by atoms with Crippen LogP contribution in [0, 0.1) is 0 Å². The van der Waals surface area contributed by atoms with Gasteiger partial charge in [-0.15, -0.1) is 0 Å². The molecule has 0 aromatic carbocycles. The predicted octanol–water partition coefficient (Wildman–Crippen LogP) is 0.661. The Labute approximate surface area is 483 Å². The second-order valence-corrected chi connectivity index (χ2v) is 18.8. The fourth-order valence-electron chi connectivity index (χ4n) is 5.69. The zero-order valence-electron chi connectivity index (χ0n) is 37.2. The first-order valence-corrected chi connectivity index (χ1v) is 22.9. The van der Waals surface area contributed by atoms with Gasteiger partial charge < -0.3 is 77.5 Å². The van der Waals surface area contributed by atoms with Gasteiger partial charge in [0.25, 0.3) is 0 Å². The van der Waals surface area contributed by atoms with Crippen LogP contribution in [0.25, 0.3) is 45.3 Å². The number of carboxylic acid groups (broad SMARTS) is 6. The molecular formula is C42H26Cl4N6O18P2Ru3. The summed E-state index contributed by atoms with van der Waals surface area (Å²) in [6.07, 6.45) is 7.09. The Hall–Kier alpha value is -4.63. The number of alkyl halides is 4. The summed E-state index contributed by atoms with van der Waals surface area (Å²) in [4.78, 5) is 91.7. The Morgan fingerprint density at radius 1 is 0.453 bits per heavy atom. The largest absolute Gasteiger partial charge is 2.00 e. The van der Waals surface area contributed by atoms with E-state index in [4.69, 9.17) is 73.5 Å². The molecule has 2 aliphatic heterocycles. The van der Waals surface area contributed by atoms with Gasteiger partial charge in [-0.2, -0.15) is 0 Å². The molecule has 2 fully saturated rings. The topological polar surface area (TPSA) is 373 Å². The van der Waals surface area contributed by atoms with Crippen LogP contribution in [0.4, 0.5) is 0 Å². The predicted molar refractivity (Wildman–Crippen MR) is 238 cm³/mol. The number of hydrogen-bond acceptors (Lipinski definition) is 24. The number of aromatic nitrogens is 6. The van der Waals surface area contributed by atoms with Gasteiger partial charge in [-0.25, -0.2) is 0 Å². The minimum atomic E-state index is -1.55. The van der Waals surface area contributed by atoms with Crippen LogP contribution in [0.2, 0.25) is 0 Å². The zero-order valence-corrected chi connectivity index (χ0v) is 47.2. The molecule has 0 spiro atoms. The van der Waals surface area contributed by atoms with Crippen molar-refractivity contribution in [3.63, 3.8) is 0 Å². The molecule has 394 valence electrons. The van der Waals surface area contributed by atoms with E-state index in [9.17, 15) is 59.4 Å². The number of pyridine rings is 6. The number of aromatic carboxylic acids is 6. The van der Waals surface area contributed by atoms with Crippen LogP contribution < -0.4 is 30.6 Å². The third kappa shape index (κ3) is 18.8. The van der Waals surface area contributed by atoms with E-state index < -0.39 is 62.1 Å². The number of rotatable bonds is 12. The van der Waals surface area contributed by atoms with Gasteiger partial charge in [-0.1, -0.05) is 46.4 Å². The molecule has 2 saturated heterocycles. The molecule has 0 N–H and O–H groups in total. The summed E-state index contributed by atoms with van der Waals surface area (Å²) >= 11 is 22.0. The first kappa shape index (κ1) is 66.5. The van der Waals surface area contributed by atoms with Gasteiger partial charge in [0, 0.05) is 95.9 Å². The normalized spacial score (nSPS) is 15.4. The van der Waals surface area contributed by atoms with Crippen molar-refractivity contribution < 1.29 is 145 Å². The van der Waals surface area contributed by atoms with Crippen LogP contribution >= 0.6 is 63.6 Å². The van der Waals surface area contributed by atoms with E-state index in [0.29, 0.717) is 0 Å². The fourth-order valence-corrected chi connectivity index (χ4v) is 8.47. The summed E-state index contributed by atoms with van der Waals surface area (Å²) in [6, 6.07) is 11.6. The molecule has 2 aliphatic rings. The maximum absolute atomic E-state index is 11.6. The van der Waals surface area contributed by atoms with Gasteiger partial charge in [-0.3, -0.25) is 39.0 Å². The van der Waals surface area contributed by atoms with Crippen LogP contribution in [-0.4, -0.2) is 102 Å². The molecule has 75 heavy (non-hydrogen) atoms. The summed E-state index contributed by atoms with van der Waals surface area (Å²) in [7, 11) is 0.357. The molecule has 2 atom stereocenters. The Bertz CT molecular complexity index is 2830. The summed E-state index contributed by atoms with van der Waals surface area (Å²) in [5, 5.41) is 67.5. The van der Waals surface area contributed by atoms with Crippen molar-refractivity contribution in [2.24, 2.45) is 0 Å². The van der Waals surface area contributed by atoms with Crippen molar-refractivity contribution in [2.75, 3.05) is 27.4 Å². The third-order valence-electron chi connectivity index (χ3n) is 8.71. The molecule has 33 heteroatoms. The zero-order chi connectivity index (χ0) is 52.9. The summed E-state index contributed by atoms with van der Waals surface area (Å²) < 4.78 is 26.4. The molecule has 6 aromatic heterocycles. The fraction of sp³-hybridized carbons (Fsp3) is 0.143. The Kier molecular flexibility index (Phi) is 26.9. The van der Waals surface area contributed by atoms with Crippen molar-refractivity contribution in [1.29, 1.82) is 0 Å². The van der Waals surface area contributed by atoms with E-state index in [1.165, 1.54) is 75.7 Å². The van der Waals surface area contributed by atoms with Crippen molar-refractivity contribution in [3.8, 4) is 45.3 Å². The summed E-state index contributed by atoms with van der Waals surface area (Å²) in [5.74, 6) is -8.95. The molecule has 6 aromatic rings. The van der Waals surface area contributed by atoms with Crippen molar-refractivity contribution in [2.45, 2.75) is 9.04 Å². The van der Waals surface area contributed by atoms with Crippen molar-refractivity contribution >= 4 is 99.4 Å². The minimum absolute atomic E-state index is 0. The number of carbonyl (C=O) groups is 6. The molecule has 8 rings (SSSR count). The molecule has 0 amide bonds. The van der Waals surface area contributed by atoms with E-state index in [1.807, 2.05) is 0 Å². The standard InChI is InChI=1S/2C18H11N3O6.2C3H5Cl2O3P.3Ru/c2*22-16(23)9-1-4-19-12(7-9)14-11(18(26)27)3-6-21-15(14)13-8-10(17(24)25)2-5-20-13;2*1-6-9-7-2-3(4,5)8-9;;;/h2*1-8H,(H,22,23)(H,24,25)(H,26,27);2*2H2,1H3;;;/q;;;;3*+2/p-6. The van der Waals surface area contributed by atoms with Crippen LogP contribution in [-0.2, 0) is 85.6 Å². The van der Waals surface area contributed by atoms with Gasteiger partial charge in [-0.05, 0) is 60.7 Å². The smallest absolute Gasteiger partial charge is 0.545 e. The Morgan fingerprint density at radius 3 is 0.947 bits per heavy atom.